The van der Waals surface area contributed by atoms with Crippen LogP contribution in [0.15, 0.2) is 18.2 Å². The Labute approximate surface area is 140 Å². The van der Waals surface area contributed by atoms with Crippen molar-refractivity contribution < 1.29 is 4.92 Å². The molecule has 6 heteroatoms. The zero-order valence-electron chi connectivity index (χ0n) is 12.9. The minimum atomic E-state index is -0.326. The summed E-state index contributed by atoms with van der Waals surface area (Å²) in [5.74, 6) is 0. The predicted octanol–water partition coefficient (Wildman–Crippen LogP) is 4.12. The predicted molar refractivity (Wildman–Crippen MR) is 95.9 cm³/mol. The van der Waals surface area contributed by atoms with Crippen molar-refractivity contribution in [2.45, 2.75) is 39.7 Å². The number of hydrogen-bond acceptors (Lipinski definition) is 4. The highest BCUT2D eigenvalue weighted by molar-refractivity contribution is 14.1. The molecule has 0 heterocycles. The standard InChI is InChI=1S/C15H24IN3O2/c1-4-18(5-2)10-6-7-12(3)17-14-9-8-13(16)11-15(14)19(20)21/h8-9,11-12,17H,4-7,10H2,1-3H3. The molecule has 1 atom stereocenters. The molecule has 0 saturated heterocycles. The molecule has 0 amide bonds. The highest BCUT2D eigenvalue weighted by Crippen LogP contribution is 2.27. The highest BCUT2D eigenvalue weighted by atomic mass is 127. The summed E-state index contributed by atoms with van der Waals surface area (Å²) in [6, 6.07) is 5.50. The summed E-state index contributed by atoms with van der Waals surface area (Å²) in [5.41, 5.74) is 0.758. The van der Waals surface area contributed by atoms with Gasteiger partial charge >= 0.3 is 0 Å². The molecule has 1 aromatic rings. The fraction of sp³-hybridized carbons (Fsp3) is 0.600. The second-order valence-corrected chi connectivity index (χ2v) is 6.38. The van der Waals surface area contributed by atoms with Crippen LogP contribution in [0.2, 0.25) is 0 Å². The average molecular weight is 405 g/mol. The molecule has 5 nitrogen and oxygen atoms in total. The Balaban J connectivity index is 2.55. The van der Waals surface area contributed by atoms with Crippen molar-refractivity contribution in [1.29, 1.82) is 0 Å². The molecule has 0 aromatic heterocycles. The molecule has 1 rings (SSSR count). The Morgan fingerprint density at radius 3 is 2.62 bits per heavy atom. The smallest absolute Gasteiger partial charge is 0.293 e. The maximum atomic E-state index is 11.1. The van der Waals surface area contributed by atoms with E-state index in [0.717, 1.165) is 36.0 Å². The second kappa shape index (κ2) is 9.19. The van der Waals surface area contributed by atoms with Gasteiger partial charge in [-0.1, -0.05) is 13.8 Å². The third-order valence-electron chi connectivity index (χ3n) is 3.56. The summed E-state index contributed by atoms with van der Waals surface area (Å²) in [6.07, 6.45) is 2.09. The molecule has 0 aliphatic carbocycles. The molecule has 21 heavy (non-hydrogen) atoms. The maximum absolute atomic E-state index is 11.1. The van der Waals surface area contributed by atoms with E-state index in [1.165, 1.54) is 0 Å². The third-order valence-corrected chi connectivity index (χ3v) is 4.24. The minimum Gasteiger partial charge on any atom is -0.377 e. The van der Waals surface area contributed by atoms with Gasteiger partial charge in [0.1, 0.15) is 5.69 Å². The maximum Gasteiger partial charge on any atom is 0.293 e. The van der Waals surface area contributed by atoms with Crippen molar-refractivity contribution in [3.05, 3.63) is 31.9 Å². The Kier molecular flexibility index (Phi) is 7.95. The van der Waals surface area contributed by atoms with Crippen molar-refractivity contribution in [2.75, 3.05) is 25.0 Å². The van der Waals surface area contributed by atoms with E-state index in [1.54, 1.807) is 12.1 Å². The molecule has 0 aliphatic heterocycles. The largest absolute Gasteiger partial charge is 0.377 e. The van der Waals surface area contributed by atoms with E-state index in [1.807, 2.05) is 6.07 Å². The molecule has 1 unspecified atom stereocenters. The molecule has 0 bridgehead atoms. The zero-order valence-corrected chi connectivity index (χ0v) is 15.1. The molecule has 0 fully saturated rings. The Morgan fingerprint density at radius 1 is 1.38 bits per heavy atom. The topological polar surface area (TPSA) is 58.4 Å². The van der Waals surface area contributed by atoms with Gasteiger partial charge in [0.25, 0.3) is 5.69 Å². The van der Waals surface area contributed by atoms with E-state index >= 15 is 0 Å². The van der Waals surface area contributed by atoms with Crippen molar-refractivity contribution in [1.82, 2.24) is 4.90 Å². The molecule has 0 aliphatic rings. The van der Waals surface area contributed by atoms with Gasteiger partial charge in [-0.3, -0.25) is 10.1 Å². The normalized spacial score (nSPS) is 12.4. The first kappa shape index (κ1) is 18.2. The van der Waals surface area contributed by atoms with E-state index in [-0.39, 0.29) is 16.7 Å². The van der Waals surface area contributed by atoms with Gasteiger partial charge in [0, 0.05) is 15.7 Å². The van der Waals surface area contributed by atoms with Gasteiger partial charge in [-0.15, -0.1) is 0 Å². The summed E-state index contributed by atoms with van der Waals surface area (Å²) < 4.78 is 0.874. The number of benzene rings is 1. The van der Waals surface area contributed by atoms with Gasteiger partial charge in [-0.05, 0) is 74.1 Å². The van der Waals surface area contributed by atoms with E-state index in [9.17, 15) is 10.1 Å². The van der Waals surface area contributed by atoms with Crippen molar-refractivity contribution in [2.24, 2.45) is 0 Å². The summed E-state index contributed by atoms with van der Waals surface area (Å²) in [4.78, 5) is 13.2. The van der Waals surface area contributed by atoms with Crippen LogP contribution >= 0.6 is 22.6 Å². The fourth-order valence-electron chi connectivity index (χ4n) is 2.28. The molecule has 0 spiro atoms. The van der Waals surface area contributed by atoms with Crippen molar-refractivity contribution >= 4 is 34.0 Å². The lowest BCUT2D eigenvalue weighted by Crippen LogP contribution is -2.25. The van der Waals surface area contributed by atoms with Crippen LogP contribution in [0.25, 0.3) is 0 Å². The summed E-state index contributed by atoms with van der Waals surface area (Å²) in [6.45, 7) is 9.62. The number of hydrogen-bond donors (Lipinski definition) is 1. The van der Waals surface area contributed by atoms with Crippen LogP contribution in [0.4, 0.5) is 11.4 Å². The van der Waals surface area contributed by atoms with Gasteiger partial charge in [0.2, 0.25) is 0 Å². The fourth-order valence-corrected chi connectivity index (χ4v) is 2.75. The first-order valence-electron chi connectivity index (χ1n) is 7.40. The minimum absolute atomic E-state index is 0.150. The molecule has 1 N–H and O–H groups in total. The van der Waals surface area contributed by atoms with E-state index in [0.29, 0.717) is 5.69 Å². The van der Waals surface area contributed by atoms with Gasteiger partial charge in [-0.25, -0.2) is 0 Å². The Hall–Kier alpha value is -0.890. The molecular weight excluding hydrogens is 381 g/mol. The van der Waals surface area contributed by atoms with Crippen LogP contribution < -0.4 is 5.32 Å². The van der Waals surface area contributed by atoms with Crippen molar-refractivity contribution in [3.8, 4) is 0 Å². The Morgan fingerprint density at radius 2 is 2.05 bits per heavy atom. The first-order valence-corrected chi connectivity index (χ1v) is 8.48. The summed E-state index contributed by atoms with van der Waals surface area (Å²) in [5, 5.41) is 14.4. The monoisotopic (exact) mass is 405 g/mol. The average Bonchev–Trinajstić information content (AvgIpc) is 2.45. The van der Waals surface area contributed by atoms with Gasteiger partial charge in [-0.2, -0.15) is 0 Å². The zero-order chi connectivity index (χ0) is 15.8. The number of anilines is 1. The van der Waals surface area contributed by atoms with E-state index < -0.39 is 0 Å². The van der Waals surface area contributed by atoms with Crippen LogP contribution in [0, 0.1) is 13.7 Å². The molecule has 0 radical (unpaired) electrons. The van der Waals surface area contributed by atoms with Crippen molar-refractivity contribution in [3.63, 3.8) is 0 Å². The number of nitro groups is 1. The summed E-state index contributed by atoms with van der Waals surface area (Å²) in [7, 11) is 0. The number of nitrogens with one attached hydrogen (secondary N) is 1. The number of nitrogens with zero attached hydrogens (tertiary/aromatic N) is 2. The Bertz CT molecular complexity index is 464. The molecule has 0 saturated carbocycles. The molecule has 118 valence electrons. The third kappa shape index (κ3) is 6.17. The van der Waals surface area contributed by atoms with Gasteiger partial charge in [0.15, 0.2) is 0 Å². The van der Waals surface area contributed by atoms with Crippen LogP contribution in [-0.4, -0.2) is 35.5 Å². The SMILES string of the molecule is CCN(CC)CCCC(C)Nc1ccc(I)cc1[N+](=O)[O-]. The lowest BCUT2D eigenvalue weighted by atomic mass is 10.1. The lowest BCUT2D eigenvalue weighted by Gasteiger charge is -2.20. The number of halogens is 1. The summed E-state index contributed by atoms with van der Waals surface area (Å²) >= 11 is 2.09. The van der Waals surface area contributed by atoms with Gasteiger partial charge < -0.3 is 10.2 Å². The molecular formula is C15H24IN3O2. The lowest BCUT2D eigenvalue weighted by molar-refractivity contribution is -0.384. The highest BCUT2D eigenvalue weighted by Gasteiger charge is 2.15. The van der Waals surface area contributed by atoms with E-state index in [4.69, 9.17) is 0 Å². The molecule has 1 aromatic carbocycles. The van der Waals surface area contributed by atoms with Gasteiger partial charge in [0.05, 0.1) is 4.92 Å². The van der Waals surface area contributed by atoms with Crippen LogP contribution in [-0.2, 0) is 0 Å². The number of nitro benzene ring substituents is 1. The number of rotatable bonds is 9. The van der Waals surface area contributed by atoms with Crippen LogP contribution in [0.5, 0.6) is 0 Å². The quantitative estimate of drug-likeness (QED) is 0.382. The second-order valence-electron chi connectivity index (χ2n) is 5.13. The van der Waals surface area contributed by atoms with E-state index in [2.05, 4.69) is 53.6 Å². The first-order chi connectivity index (χ1) is 9.97. The van der Waals surface area contributed by atoms with Crippen LogP contribution in [0.3, 0.4) is 0 Å². The van der Waals surface area contributed by atoms with Crippen LogP contribution in [0.1, 0.15) is 33.6 Å².